The first-order valence-electron chi connectivity index (χ1n) is 8.72. The Labute approximate surface area is 156 Å². The molecule has 2 aromatic carbocycles. The number of nitrogens with zero attached hydrogens (tertiary/aromatic N) is 3. The van der Waals surface area contributed by atoms with E-state index in [1.165, 1.54) is 26.1 Å². The number of halogens is 1. The van der Waals surface area contributed by atoms with Crippen molar-refractivity contribution in [2.75, 3.05) is 38.1 Å². The van der Waals surface area contributed by atoms with Gasteiger partial charge in [0.1, 0.15) is 5.82 Å². The van der Waals surface area contributed by atoms with E-state index in [0.29, 0.717) is 36.5 Å². The van der Waals surface area contributed by atoms with Gasteiger partial charge in [-0.15, -0.1) is 0 Å². The van der Waals surface area contributed by atoms with Crippen LogP contribution in [0.25, 0.3) is 0 Å². The van der Waals surface area contributed by atoms with Crippen LogP contribution in [-0.2, 0) is 0 Å². The highest BCUT2D eigenvalue weighted by Crippen LogP contribution is 2.21. The fourth-order valence-corrected chi connectivity index (χ4v) is 3.12. The number of hydrogen-bond donors (Lipinski definition) is 0. The summed E-state index contributed by atoms with van der Waals surface area (Å²) in [5.74, 6) is -1.03. The predicted octanol–water partition coefficient (Wildman–Crippen LogP) is 3.03. The molecule has 140 valence electrons. The number of Topliss-reactive ketones (excluding diaryl/α,β-unsaturated/α-hetero) is 1. The van der Waals surface area contributed by atoms with Crippen molar-refractivity contribution < 1.29 is 18.7 Å². The molecule has 0 aliphatic carbocycles. The molecule has 1 aliphatic heterocycles. The average molecular weight is 370 g/mol. The molecule has 0 unspecified atom stereocenters. The molecule has 3 rings (SSSR count). The maximum atomic E-state index is 14.1. The van der Waals surface area contributed by atoms with Gasteiger partial charge < -0.3 is 9.80 Å². The Morgan fingerprint density at radius 1 is 1.00 bits per heavy atom. The molecule has 0 aromatic heterocycles. The molecule has 0 bridgehead atoms. The summed E-state index contributed by atoms with van der Waals surface area (Å²) >= 11 is 0. The Bertz CT molecular complexity index is 888. The Balaban J connectivity index is 1.68. The lowest BCUT2D eigenvalue weighted by atomic mass is 10.1. The van der Waals surface area contributed by atoms with Crippen molar-refractivity contribution in [1.82, 2.24) is 4.90 Å². The summed E-state index contributed by atoms with van der Waals surface area (Å²) in [5.41, 5.74) is 1.79. The number of nitroso groups, excluding NO2 is 1. The van der Waals surface area contributed by atoms with Gasteiger partial charge in [-0.25, -0.2) is 4.39 Å². The van der Waals surface area contributed by atoms with Crippen LogP contribution in [0.4, 0.5) is 15.8 Å². The topological polar surface area (TPSA) is 60.7 Å². The van der Waals surface area contributed by atoms with Gasteiger partial charge in [0.25, 0.3) is 11.6 Å². The van der Waals surface area contributed by atoms with Crippen LogP contribution in [0.3, 0.4) is 0 Å². The van der Waals surface area contributed by atoms with Gasteiger partial charge in [-0.3, -0.25) is 9.59 Å². The standard InChI is InChI=1S/C20H21FN3O3/c1-14(25)15-3-5-16(6-4-15)23-9-11-24(12-10-23)20(26)18-13-17(22(2)27)7-8-19(18)21/h3-8,13H,9-12H2,1-2H3/q+1. The lowest BCUT2D eigenvalue weighted by Gasteiger charge is -2.36. The lowest BCUT2D eigenvalue weighted by Crippen LogP contribution is -2.49. The van der Waals surface area contributed by atoms with Gasteiger partial charge in [0.2, 0.25) is 0 Å². The van der Waals surface area contributed by atoms with Gasteiger partial charge in [0.05, 0.1) is 5.56 Å². The number of anilines is 1. The Morgan fingerprint density at radius 2 is 1.63 bits per heavy atom. The van der Waals surface area contributed by atoms with Gasteiger partial charge in [-0.2, -0.15) is 0 Å². The molecule has 0 radical (unpaired) electrons. The van der Waals surface area contributed by atoms with Crippen LogP contribution in [0.5, 0.6) is 0 Å². The highest BCUT2D eigenvalue weighted by Gasteiger charge is 2.26. The fourth-order valence-electron chi connectivity index (χ4n) is 3.12. The molecular formula is C20H21FN3O3+. The highest BCUT2D eigenvalue weighted by atomic mass is 19.1. The zero-order chi connectivity index (χ0) is 19.6. The molecule has 1 saturated heterocycles. The summed E-state index contributed by atoms with van der Waals surface area (Å²) in [6.45, 7) is 3.63. The number of benzene rings is 2. The number of ketones is 1. The van der Waals surface area contributed by atoms with Crippen LogP contribution in [0.1, 0.15) is 27.6 Å². The van der Waals surface area contributed by atoms with Gasteiger partial charge in [-0.05, 0) is 37.3 Å². The molecule has 1 heterocycles. The minimum absolute atomic E-state index is 0.0185. The van der Waals surface area contributed by atoms with E-state index in [0.717, 1.165) is 11.8 Å². The Hall–Kier alpha value is -3.09. The molecule has 7 heteroatoms. The van der Waals surface area contributed by atoms with E-state index < -0.39 is 11.7 Å². The summed E-state index contributed by atoms with van der Waals surface area (Å²) in [5, 5.41) is 0. The second kappa shape index (κ2) is 7.65. The van der Waals surface area contributed by atoms with Crippen LogP contribution in [-0.4, -0.2) is 54.6 Å². The van der Waals surface area contributed by atoms with Crippen molar-refractivity contribution in [2.45, 2.75) is 6.92 Å². The van der Waals surface area contributed by atoms with E-state index in [-0.39, 0.29) is 17.0 Å². The number of rotatable bonds is 4. The van der Waals surface area contributed by atoms with E-state index in [2.05, 4.69) is 4.90 Å². The van der Waals surface area contributed by atoms with Crippen LogP contribution in [0.15, 0.2) is 42.5 Å². The third kappa shape index (κ3) is 4.02. The van der Waals surface area contributed by atoms with Gasteiger partial charge >= 0.3 is 0 Å². The van der Waals surface area contributed by atoms with Gasteiger partial charge in [-0.1, -0.05) is 0 Å². The highest BCUT2D eigenvalue weighted by molar-refractivity contribution is 5.95. The van der Waals surface area contributed by atoms with Crippen LogP contribution in [0.2, 0.25) is 0 Å². The minimum atomic E-state index is -0.632. The third-order valence-corrected chi connectivity index (χ3v) is 4.75. The molecular weight excluding hydrogens is 349 g/mol. The summed E-state index contributed by atoms with van der Waals surface area (Å²) in [6.07, 6.45) is 0. The number of piperazine rings is 1. The van der Waals surface area contributed by atoms with E-state index in [1.807, 2.05) is 12.1 Å². The largest absolute Gasteiger partial charge is 0.368 e. The third-order valence-electron chi connectivity index (χ3n) is 4.75. The number of amides is 1. The maximum absolute atomic E-state index is 14.1. The van der Waals surface area contributed by atoms with Crippen LogP contribution >= 0.6 is 0 Å². The van der Waals surface area contributed by atoms with E-state index in [4.69, 9.17) is 0 Å². The van der Waals surface area contributed by atoms with Crippen molar-refractivity contribution in [2.24, 2.45) is 0 Å². The number of carbonyl (C=O) groups is 2. The maximum Gasteiger partial charge on any atom is 0.257 e. The average Bonchev–Trinajstić information content (AvgIpc) is 2.68. The van der Waals surface area contributed by atoms with Crippen molar-refractivity contribution in [3.63, 3.8) is 0 Å². The second-order valence-corrected chi connectivity index (χ2v) is 6.54. The number of hydrogen-bond acceptors (Lipinski definition) is 4. The summed E-state index contributed by atoms with van der Waals surface area (Å²) in [6, 6.07) is 11.1. The van der Waals surface area contributed by atoms with Gasteiger partial charge in [0, 0.05) is 59.2 Å². The molecule has 0 saturated carbocycles. The normalized spacial score (nSPS) is 14.2. The first kappa shape index (κ1) is 18.7. The predicted molar refractivity (Wildman–Crippen MR) is 100 cm³/mol. The van der Waals surface area contributed by atoms with E-state index in [9.17, 15) is 18.9 Å². The molecule has 27 heavy (non-hydrogen) atoms. The van der Waals surface area contributed by atoms with Crippen molar-refractivity contribution in [1.29, 1.82) is 0 Å². The zero-order valence-corrected chi connectivity index (χ0v) is 15.3. The molecule has 6 nitrogen and oxygen atoms in total. The molecule has 1 amide bonds. The van der Waals surface area contributed by atoms with Crippen molar-refractivity contribution in [3.8, 4) is 0 Å². The first-order chi connectivity index (χ1) is 12.9. The van der Waals surface area contributed by atoms with E-state index in [1.54, 1.807) is 17.0 Å². The lowest BCUT2D eigenvalue weighted by molar-refractivity contribution is -0.428. The van der Waals surface area contributed by atoms with Crippen LogP contribution < -0.4 is 4.90 Å². The summed E-state index contributed by atoms with van der Waals surface area (Å²) in [7, 11) is 1.30. The smallest absolute Gasteiger partial charge is 0.257 e. The molecule has 0 N–H and O–H groups in total. The number of carbonyl (C=O) groups excluding carboxylic acids is 2. The first-order valence-corrected chi connectivity index (χ1v) is 8.72. The minimum Gasteiger partial charge on any atom is -0.368 e. The molecule has 1 fully saturated rings. The fraction of sp³-hybridized carbons (Fsp3) is 0.300. The SMILES string of the molecule is CC(=O)c1ccc(N2CCN(C(=O)c3cc([N+](C)=O)ccc3F)CC2)cc1. The summed E-state index contributed by atoms with van der Waals surface area (Å²) < 4.78 is 14.7. The monoisotopic (exact) mass is 370 g/mol. The molecule has 0 spiro atoms. The van der Waals surface area contributed by atoms with E-state index >= 15 is 0 Å². The van der Waals surface area contributed by atoms with Gasteiger partial charge in [0.15, 0.2) is 12.8 Å². The van der Waals surface area contributed by atoms with Crippen LogP contribution in [0, 0.1) is 10.7 Å². The quantitative estimate of drug-likeness (QED) is 0.613. The molecule has 1 aliphatic rings. The molecule has 2 aromatic rings. The Kier molecular flexibility index (Phi) is 5.30. The van der Waals surface area contributed by atoms with Crippen molar-refractivity contribution in [3.05, 3.63) is 64.3 Å². The summed E-state index contributed by atoms with van der Waals surface area (Å²) in [4.78, 5) is 39.2. The van der Waals surface area contributed by atoms with Crippen molar-refractivity contribution >= 4 is 23.1 Å². The second-order valence-electron chi connectivity index (χ2n) is 6.54. The molecule has 0 atom stereocenters. The zero-order valence-electron chi connectivity index (χ0n) is 15.3. The Morgan fingerprint density at radius 3 is 2.19 bits per heavy atom.